The molecule has 0 aliphatic carbocycles. The van der Waals surface area contributed by atoms with Crippen LogP contribution < -0.4 is 5.32 Å². The third-order valence-corrected chi connectivity index (χ3v) is 3.94. The lowest BCUT2D eigenvalue weighted by Crippen LogP contribution is -2.20. The van der Waals surface area contributed by atoms with Gasteiger partial charge in [-0.1, -0.05) is 36.7 Å². The number of aromatic amines is 1. The molecular weight excluding hydrogens is 288 g/mol. The van der Waals surface area contributed by atoms with Gasteiger partial charge in [0.1, 0.15) is 0 Å². The number of hydrogen-bond donors (Lipinski definition) is 2. The molecule has 0 aliphatic heterocycles. The van der Waals surface area contributed by atoms with Gasteiger partial charge in [0.05, 0.1) is 0 Å². The van der Waals surface area contributed by atoms with E-state index in [9.17, 15) is 0 Å². The molecule has 1 heterocycles. The first-order valence-electron chi connectivity index (χ1n) is 6.74. The largest absolute Gasteiger partial charge is 0.358 e. The van der Waals surface area contributed by atoms with Crippen LogP contribution in [0, 0.1) is 0 Å². The molecule has 2 aromatic rings. The standard InChI is InChI=1S/C15H21BrN2/c1-4-12(17-6-3)15-11-9-10(16)7-8-14(11)18-13(15)5-2/h7-9,12,17-18H,4-6H2,1-3H3. The van der Waals surface area contributed by atoms with Crippen LogP contribution in [0.25, 0.3) is 10.9 Å². The summed E-state index contributed by atoms with van der Waals surface area (Å²) in [7, 11) is 0. The zero-order valence-corrected chi connectivity index (χ0v) is 12.9. The van der Waals surface area contributed by atoms with E-state index in [-0.39, 0.29) is 0 Å². The second kappa shape index (κ2) is 5.89. The van der Waals surface area contributed by atoms with Crippen molar-refractivity contribution < 1.29 is 0 Å². The second-order valence-corrected chi connectivity index (χ2v) is 5.49. The molecule has 1 aromatic carbocycles. The molecule has 18 heavy (non-hydrogen) atoms. The van der Waals surface area contributed by atoms with Gasteiger partial charge in [0, 0.05) is 27.1 Å². The third kappa shape index (κ3) is 2.47. The first-order chi connectivity index (χ1) is 8.71. The molecule has 0 fully saturated rings. The first kappa shape index (κ1) is 13.6. The number of aryl methyl sites for hydroxylation is 1. The van der Waals surface area contributed by atoms with Crippen LogP contribution in [0.2, 0.25) is 0 Å². The van der Waals surface area contributed by atoms with E-state index in [0.29, 0.717) is 6.04 Å². The Kier molecular flexibility index (Phi) is 4.46. The summed E-state index contributed by atoms with van der Waals surface area (Å²) in [6, 6.07) is 6.91. The van der Waals surface area contributed by atoms with E-state index < -0.39 is 0 Å². The number of aromatic nitrogens is 1. The highest BCUT2D eigenvalue weighted by Gasteiger charge is 2.17. The fourth-order valence-corrected chi connectivity index (χ4v) is 2.98. The van der Waals surface area contributed by atoms with E-state index in [1.807, 2.05) is 0 Å². The molecule has 98 valence electrons. The van der Waals surface area contributed by atoms with Crippen LogP contribution in [0.5, 0.6) is 0 Å². The third-order valence-electron chi connectivity index (χ3n) is 3.44. The molecule has 1 atom stereocenters. The summed E-state index contributed by atoms with van der Waals surface area (Å²) in [6.07, 6.45) is 2.16. The quantitative estimate of drug-likeness (QED) is 0.833. The lowest BCUT2D eigenvalue weighted by Gasteiger charge is -2.17. The summed E-state index contributed by atoms with van der Waals surface area (Å²) in [5.74, 6) is 0. The molecule has 2 rings (SSSR count). The molecule has 3 heteroatoms. The number of hydrogen-bond acceptors (Lipinski definition) is 1. The van der Waals surface area contributed by atoms with Crippen LogP contribution in [0.3, 0.4) is 0 Å². The molecule has 0 aliphatic rings. The van der Waals surface area contributed by atoms with Crippen LogP contribution >= 0.6 is 15.9 Å². The minimum absolute atomic E-state index is 0.438. The molecule has 0 saturated carbocycles. The molecule has 1 aromatic heterocycles. The Bertz CT molecular complexity index is 531. The van der Waals surface area contributed by atoms with Crippen molar-refractivity contribution in [3.63, 3.8) is 0 Å². The molecular formula is C15H21BrN2. The normalized spacial score (nSPS) is 13.1. The average molecular weight is 309 g/mol. The zero-order valence-electron chi connectivity index (χ0n) is 11.3. The van der Waals surface area contributed by atoms with Crippen LogP contribution in [0.4, 0.5) is 0 Å². The highest BCUT2D eigenvalue weighted by Crippen LogP contribution is 2.32. The fourth-order valence-electron chi connectivity index (χ4n) is 2.61. The number of rotatable bonds is 5. The van der Waals surface area contributed by atoms with Crippen molar-refractivity contribution in [2.24, 2.45) is 0 Å². The highest BCUT2D eigenvalue weighted by atomic mass is 79.9. The number of benzene rings is 1. The number of fused-ring (bicyclic) bond motifs is 1. The van der Waals surface area contributed by atoms with Gasteiger partial charge in [-0.2, -0.15) is 0 Å². The van der Waals surface area contributed by atoms with E-state index in [4.69, 9.17) is 0 Å². The SMILES string of the molecule is CCNC(CC)c1c(CC)[nH]c2ccc(Br)cc12. The van der Waals surface area contributed by atoms with Crippen LogP contribution in [0.15, 0.2) is 22.7 Å². The van der Waals surface area contributed by atoms with Gasteiger partial charge in [-0.25, -0.2) is 0 Å². The number of H-pyrrole nitrogens is 1. The van der Waals surface area contributed by atoms with E-state index in [2.05, 4.69) is 65.2 Å². The van der Waals surface area contributed by atoms with Crippen molar-refractivity contribution in [1.29, 1.82) is 0 Å². The van der Waals surface area contributed by atoms with Crippen molar-refractivity contribution in [3.8, 4) is 0 Å². The molecule has 0 saturated heterocycles. The summed E-state index contributed by atoms with van der Waals surface area (Å²) in [4.78, 5) is 3.55. The second-order valence-electron chi connectivity index (χ2n) is 4.58. The van der Waals surface area contributed by atoms with Crippen LogP contribution in [0.1, 0.15) is 44.5 Å². The van der Waals surface area contributed by atoms with Crippen molar-refractivity contribution >= 4 is 26.8 Å². The zero-order chi connectivity index (χ0) is 13.1. The number of halogens is 1. The van der Waals surface area contributed by atoms with E-state index in [0.717, 1.165) is 23.9 Å². The topological polar surface area (TPSA) is 27.8 Å². The lowest BCUT2D eigenvalue weighted by atomic mass is 9.99. The Morgan fingerprint density at radius 2 is 2.06 bits per heavy atom. The minimum atomic E-state index is 0.438. The predicted molar refractivity (Wildman–Crippen MR) is 82.1 cm³/mol. The van der Waals surface area contributed by atoms with Gasteiger partial charge >= 0.3 is 0 Å². The van der Waals surface area contributed by atoms with Crippen molar-refractivity contribution in [1.82, 2.24) is 10.3 Å². The van der Waals surface area contributed by atoms with Gasteiger partial charge in [-0.3, -0.25) is 0 Å². The molecule has 2 nitrogen and oxygen atoms in total. The minimum Gasteiger partial charge on any atom is -0.358 e. The van der Waals surface area contributed by atoms with Gasteiger partial charge < -0.3 is 10.3 Å². The van der Waals surface area contributed by atoms with Gasteiger partial charge in [0.15, 0.2) is 0 Å². The van der Waals surface area contributed by atoms with Crippen molar-refractivity contribution in [3.05, 3.63) is 33.9 Å². The average Bonchev–Trinajstić information content (AvgIpc) is 2.73. The van der Waals surface area contributed by atoms with Gasteiger partial charge in [0.25, 0.3) is 0 Å². The summed E-state index contributed by atoms with van der Waals surface area (Å²) >= 11 is 3.57. The Hall–Kier alpha value is -0.800. The Balaban J connectivity index is 2.60. The molecule has 0 radical (unpaired) electrons. The number of nitrogens with one attached hydrogen (secondary N) is 2. The van der Waals surface area contributed by atoms with E-state index in [1.165, 1.54) is 22.2 Å². The molecule has 2 N–H and O–H groups in total. The van der Waals surface area contributed by atoms with Gasteiger partial charge in [0.2, 0.25) is 0 Å². The van der Waals surface area contributed by atoms with Gasteiger partial charge in [-0.15, -0.1) is 0 Å². The maximum Gasteiger partial charge on any atom is 0.0460 e. The summed E-state index contributed by atoms with van der Waals surface area (Å²) < 4.78 is 1.14. The monoisotopic (exact) mass is 308 g/mol. The fraction of sp³-hybridized carbons (Fsp3) is 0.467. The highest BCUT2D eigenvalue weighted by molar-refractivity contribution is 9.10. The summed E-state index contributed by atoms with van der Waals surface area (Å²) in [5, 5.41) is 4.93. The van der Waals surface area contributed by atoms with Gasteiger partial charge in [-0.05, 0) is 43.1 Å². The summed E-state index contributed by atoms with van der Waals surface area (Å²) in [6.45, 7) is 7.62. The Morgan fingerprint density at radius 3 is 2.67 bits per heavy atom. The summed E-state index contributed by atoms with van der Waals surface area (Å²) in [5.41, 5.74) is 4.04. The van der Waals surface area contributed by atoms with Crippen molar-refractivity contribution in [2.45, 2.75) is 39.7 Å². The maximum atomic E-state index is 3.59. The van der Waals surface area contributed by atoms with Crippen molar-refractivity contribution in [2.75, 3.05) is 6.54 Å². The Labute approximate surface area is 117 Å². The molecule has 1 unspecified atom stereocenters. The van der Waals surface area contributed by atoms with E-state index in [1.54, 1.807) is 0 Å². The lowest BCUT2D eigenvalue weighted by molar-refractivity contribution is 0.536. The van der Waals surface area contributed by atoms with Crippen LogP contribution in [-0.4, -0.2) is 11.5 Å². The molecule has 0 amide bonds. The molecule has 0 spiro atoms. The Morgan fingerprint density at radius 1 is 1.28 bits per heavy atom. The molecule has 0 bridgehead atoms. The van der Waals surface area contributed by atoms with Crippen LogP contribution in [-0.2, 0) is 6.42 Å². The predicted octanol–water partition coefficient (Wildman–Crippen LogP) is 4.55. The maximum absolute atomic E-state index is 3.59. The smallest absolute Gasteiger partial charge is 0.0460 e. The first-order valence-corrected chi connectivity index (χ1v) is 7.53. The van der Waals surface area contributed by atoms with E-state index >= 15 is 0 Å².